The Morgan fingerprint density at radius 1 is 1.07 bits per heavy atom. The number of aromatic nitrogens is 3. The predicted molar refractivity (Wildman–Crippen MR) is 107 cm³/mol. The molecule has 4 rings (SSSR count). The van der Waals surface area contributed by atoms with E-state index in [1.54, 1.807) is 6.07 Å². The first kappa shape index (κ1) is 17.0. The number of benzene rings is 2. The van der Waals surface area contributed by atoms with E-state index in [1.807, 2.05) is 49.4 Å². The zero-order valence-electron chi connectivity index (χ0n) is 15.1. The number of carbonyl (C=O) groups excluding carboxylic acids is 1. The van der Waals surface area contributed by atoms with Crippen molar-refractivity contribution >= 4 is 33.7 Å². The van der Waals surface area contributed by atoms with Gasteiger partial charge >= 0.3 is 0 Å². The second-order valence-corrected chi connectivity index (χ2v) is 6.65. The van der Waals surface area contributed by atoms with Crippen LogP contribution in [-0.2, 0) is 13.0 Å². The fraction of sp³-hybridized carbons (Fsp3) is 0.190. The van der Waals surface area contributed by atoms with Crippen LogP contribution in [-0.4, -0.2) is 20.4 Å². The molecule has 0 aliphatic heterocycles. The van der Waals surface area contributed by atoms with Crippen LogP contribution in [0.15, 0.2) is 48.5 Å². The number of nitrogens with zero attached hydrogens (tertiary/aromatic N) is 3. The largest absolute Gasteiger partial charge is 0.382 e. The summed E-state index contributed by atoms with van der Waals surface area (Å²) in [6.07, 6.45) is 1.61. The third-order valence-corrected chi connectivity index (χ3v) is 4.91. The van der Waals surface area contributed by atoms with Crippen molar-refractivity contribution in [1.29, 1.82) is 0 Å². The molecule has 4 aromatic rings. The summed E-state index contributed by atoms with van der Waals surface area (Å²) in [5, 5.41) is 1.04. The van der Waals surface area contributed by atoms with Crippen molar-refractivity contribution in [1.82, 2.24) is 14.5 Å². The van der Waals surface area contributed by atoms with Gasteiger partial charge in [0.2, 0.25) is 5.91 Å². The summed E-state index contributed by atoms with van der Waals surface area (Å²) < 4.78 is 2.18. The van der Waals surface area contributed by atoms with Crippen molar-refractivity contribution in [3.63, 3.8) is 0 Å². The molecule has 0 aliphatic carbocycles. The summed E-state index contributed by atoms with van der Waals surface area (Å²) >= 11 is 0. The van der Waals surface area contributed by atoms with Crippen LogP contribution in [0.2, 0.25) is 0 Å². The van der Waals surface area contributed by atoms with E-state index >= 15 is 0 Å². The van der Waals surface area contributed by atoms with Crippen molar-refractivity contribution in [2.45, 2.75) is 26.3 Å². The number of para-hydroxylation sites is 1. The third-order valence-electron chi connectivity index (χ3n) is 4.91. The summed E-state index contributed by atoms with van der Waals surface area (Å²) in [7, 11) is 0. The molecule has 0 atom stereocenters. The van der Waals surface area contributed by atoms with E-state index in [0.29, 0.717) is 11.4 Å². The average molecular weight is 359 g/mol. The Balaban J connectivity index is 1.69. The molecule has 6 nitrogen and oxygen atoms in total. The minimum absolute atomic E-state index is 0.389. The van der Waals surface area contributed by atoms with Crippen LogP contribution in [0, 0.1) is 6.92 Å². The highest BCUT2D eigenvalue weighted by molar-refractivity contribution is 6.06. The number of carbonyl (C=O) groups is 1. The molecule has 0 aliphatic rings. The molecule has 0 fully saturated rings. The smallest absolute Gasteiger partial charge is 0.248 e. The van der Waals surface area contributed by atoms with Gasteiger partial charge in [-0.05, 0) is 37.5 Å². The van der Waals surface area contributed by atoms with Crippen molar-refractivity contribution in [2.75, 3.05) is 5.73 Å². The van der Waals surface area contributed by atoms with E-state index in [-0.39, 0.29) is 5.91 Å². The molecule has 2 aromatic heterocycles. The van der Waals surface area contributed by atoms with Gasteiger partial charge in [0.05, 0.1) is 11.0 Å². The van der Waals surface area contributed by atoms with Crippen LogP contribution in [0.1, 0.15) is 28.2 Å². The zero-order valence-corrected chi connectivity index (χ0v) is 15.1. The highest BCUT2D eigenvalue weighted by Crippen LogP contribution is 2.28. The van der Waals surface area contributed by atoms with E-state index in [0.717, 1.165) is 52.7 Å². The molecular weight excluding hydrogens is 338 g/mol. The fourth-order valence-electron chi connectivity index (χ4n) is 3.65. The number of hydrogen-bond donors (Lipinski definition) is 2. The van der Waals surface area contributed by atoms with Gasteiger partial charge in [-0.2, -0.15) is 0 Å². The standard InChI is InChI=1S/C21H21N5O/c1-13-24-18-19(16-10-4-5-11-17(16)25-20(18)22)26(13)12-6-8-14-7-2-3-9-15(14)21(23)27/h2-5,7,9-11H,6,8,12H2,1H3,(H2,22,25)(H2,23,27). The second-order valence-electron chi connectivity index (χ2n) is 6.65. The summed E-state index contributed by atoms with van der Waals surface area (Å²) in [5.74, 6) is 0.961. The van der Waals surface area contributed by atoms with Crippen molar-refractivity contribution in [3.8, 4) is 0 Å². The number of amides is 1. The van der Waals surface area contributed by atoms with E-state index in [1.165, 1.54) is 0 Å². The number of anilines is 1. The molecule has 1 amide bonds. The number of imidazole rings is 1. The van der Waals surface area contributed by atoms with Crippen LogP contribution in [0.25, 0.3) is 21.9 Å². The Morgan fingerprint density at radius 3 is 2.63 bits per heavy atom. The van der Waals surface area contributed by atoms with Crippen LogP contribution >= 0.6 is 0 Å². The van der Waals surface area contributed by atoms with Crippen LogP contribution in [0.4, 0.5) is 5.82 Å². The molecule has 0 bridgehead atoms. The highest BCUT2D eigenvalue weighted by Gasteiger charge is 2.15. The summed E-state index contributed by atoms with van der Waals surface area (Å²) in [6.45, 7) is 2.74. The monoisotopic (exact) mass is 359 g/mol. The first-order chi connectivity index (χ1) is 13.1. The maximum atomic E-state index is 11.6. The van der Waals surface area contributed by atoms with Gasteiger partial charge in [-0.3, -0.25) is 4.79 Å². The first-order valence-corrected chi connectivity index (χ1v) is 8.95. The maximum Gasteiger partial charge on any atom is 0.248 e. The number of aryl methyl sites for hydroxylation is 3. The number of pyridine rings is 1. The van der Waals surface area contributed by atoms with Gasteiger partial charge in [0.25, 0.3) is 0 Å². The molecule has 2 heterocycles. The SMILES string of the molecule is Cc1nc2c(N)nc3ccccc3c2n1CCCc1ccccc1C(N)=O. The van der Waals surface area contributed by atoms with Crippen LogP contribution < -0.4 is 11.5 Å². The lowest BCUT2D eigenvalue weighted by atomic mass is 10.0. The van der Waals surface area contributed by atoms with Gasteiger partial charge in [0.15, 0.2) is 5.82 Å². The average Bonchev–Trinajstić information content (AvgIpc) is 2.99. The van der Waals surface area contributed by atoms with E-state index < -0.39 is 0 Å². The normalized spacial score (nSPS) is 11.3. The number of nitrogens with two attached hydrogens (primary N) is 2. The minimum Gasteiger partial charge on any atom is -0.382 e. The summed E-state index contributed by atoms with van der Waals surface area (Å²) in [4.78, 5) is 20.7. The Bertz CT molecular complexity index is 1160. The Labute approximate surface area is 156 Å². The van der Waals surface area contributed by atoms with Gasteiger partial charge < -0.3 is 16.0 Å². The fourth-order valence-corrected chi connectivity index (χ4v) is 3.65. The highest BCUT2D eigenvalue weighted by atomic mass is 16.1. The molecule has 0 radical (unpaired) electrons. The van der Waals surface area contributed by atoms with Gasteiger partial charge in [0.1, 0.15) is 11.3 Å². The molecule has 6 heteroatoms. The maximum absolute atomic E-state index is 11.6. The van der Waals surface area contributed by atoms with Crippen LogP contribution in [0.5, 0.6) is 0 Å². The summed E-state index contributed by atoms with van der Waals surface area (Å²) in [5.41, 5.74) is 15.8. The van der Waals surface area contributed by atoms with Crippen LogP contribution in [0.3, 0.4) is 0 Å². The lowest BCUT2D eigenvalue weighted by Gasteiger charge is -2.10. The lowest BCUT2D eigenvalue weighted by Crippen LogP contribution is -2.14. The molecule has 2 aromatic carbocycles. The van der Waals surface area contributed by atoms with E-state index in [4.69, 9.17) is 11.5 Å². The van der Waals surface area contributed by atoms with Gasteiger partial charge in [0, 0.05) is 17.5 Å². The third kappa shape index (κ3) is 2.99. The van der Waals surface area contributed by atoms with Gasteiger partial charge in [-0.25, -0.2) is 9.97 Å². The van der Waals surface area contributed by atoms with Crippen molar-refractivity contribution < 1.29 is 4.79 Å². The first-order valence-electron chi connectivity index (χ1n) is 8.95. The molecule has 0 saturated carbocycles. The Hall–Kier alpha value is -3.41. The zero-order chi connectivity index (χ0) is 19.0. The quantitative estimate of drug-likeness (QED) is 0.571. The van der Waals surface area contributed by atoms with Crippen molar-refractivity contribution in [2.24, 2.45) is 5.73 Å². The number of fused-ring (bicyclic) bond motifs is 3. The lowest BCUT2D eigenvalue weighted by molar-refractivity contribution is 0.0999. The molecule has 4 N–H and O–H groups in total. The topological polar surface area (TPSA) is 99.8 Å². The molecule has 0 spiro atoms. The van der Waals surface area contributed by atoms with Gasteiger partial charge in [-0.1, -0.05) is 36.4 Å². The summed E-state index contributed by atoms with van der Waals surface area (Å²) in [6, 6.07) is 15.4. The number of rotatable bonds is 5. The molecule has 0 saturated heterocycles. The van der Waals surface area contributed by atoms with Gasteiger partial charge in [-0.15, -0.1) is 0 Å². The predicted octanol–water partition coefficient (Wildman–Crippen LogP) is 3.21. The molecule has 0 unspecified atom stereocenters. The molecule has 27 heavy (non-hydrogen) atoms. The second kappa shape index (κ2) is 6.72. The van der Waals surface area contributed by atoms with E-state index in [2.05, 4.69) is 14.5 Å². The van der Waals surface area contributed by atoms with E-state index in [9.17, 15) is 4.79 Å². The number of primary amides is 1. The molecular formula is C21H21N5O. The number of hydrogen-bond acceptors (Lipinski definition) is 4. The Morgan fingerprint density at radius 2 is 1.81 bits per heavy atom. The molecule has 136 valence electrons. The Kier molecular flexibility index (Phi) is 4.24. The minimum atomic E-state index is -0.389. The van der Waals surface area contributed by atoms with Crippen molar-refractivity contribution in [3.05, 3.63) is 65.5 Å². The number of nitrogen functional groups attached to an aromatic ring is 1.